The molecule has 1 aromatic heterocycles. The first-order chi connectivity index (χ1) is 12.1. The number of hydrogen-bond acceptors (Lipinski definition) is 2. The molecule has 5 heteroatoms. The largest absolute Gasteiger partial charge is 0.350 e. The number of hydrogen-bond donors (Lipinski definition) is 2. The summed E-state index contributed by atoms with van der Waals surface area (Å²) in [6, 6.07) is 9.87. The molecule has 0 spiro atoms. The number of pyridine rings is 1. The minimum absolute atomic E-state index is 0.0253. The molecule has 2 N–H and O–H groups in total. The Kier molecular flexibility index (Phi) is 3.99. The molecule has 1 aliphatic heterocycles. The lowest BCUT2D eigenvalue weighted by Gasteiger charge is -2.13. The highest BCUT2D eigenvalue weighted by Gasteiger charge is 2.26. The fourth-order valence-electron chi connectivity index (χ4n) is 3.29. The second-order valence-corrected chi connectivity index (χ2v) is 6.73. The van der Waals surface area contributed by atoms with Crippen molar-refractivity contribution >= 4 is 11.5 Å². The molecule has 1 saturated heterocycles. The zero-order chi connectivity index (χ0) is 17.4. The van der Waals surface area contributed by atoms with Gasteiger partial charge in [-0.15, -0.1) is 0 Å². The number of amides is 1. The maximum Gasteiger partial charge on any atom is 0.251 e. The summed E-state index contributed by atoms with van der Waals surface area (Å²) in [4.78, 5) is 26.8. The normalized spacial score (nSPS) is 20.6. The minimum atomic E-state index is -0.310. The molecule has 0 unspecified atom stereocenters. The van der Waals surface area contributed by atoms with Gasteiger partial charge in [0.2, 0.25) is 5.91 Å². The molecule has 2 fully saturated rings. The van der Waals surface area contributed by atoms with E-state index in [0.717, 1.165) is 29.5 Å². The quantitative estimate of drug-likeness (QED) is 0.900. The van der Waals surface area contributed by atoms with Gasteiger partial charge in [0.25, 0.3) is 5.56 Å². The zero-order valence-corrected chi connectivity index (χ0v) is 13.7. The Morgan fingerprint density at radius 1 is 1.04 bits per heavy atom. The molecular weight excluding hydrogens is 319 g/mol. The molecule has 1 aliphatic carbocycles. The predicted molar refractivity (Wildman–Crippen MR) is 93.7 cm³/mol. The maximum atomic E-state index is 13.3. The van der Waals surface area contributed by atoms with Gasteiger partial charge in [0.1, 0.15) is 5.82 Å². The van der Waals surface area contributed by atoms with Gasteiger partial charge < -0.3 is 10.3 Å². The fraction of sp³-hybridized carbons (Fsp3) is 0.300. The molecule has 1 atom stereocenters. The third-order valence-electron chi connectivity index (χ3n) is 4.80. The highest BCUT2D eigenvalue weighted by Crippen LogP contribution is 2.38. The molecular formula is C20H19FN2O2. The van der Waals surface area contributed by atoms with E-state index in [2.05, 4.69) is 10.3 Å². The van der Waals surface area contributed by atoms with E-state index in [1.165, 1.54) is 12.1 Å². The van der Waals surface area contributed by atoms with Crippen molar-refractivity contribution in [3.05, 3.63) is 75.5 Å². The van der Waals surface area contributed by atoms with E-state index in [1.54, 1.807) is 12.1 Å². The van der Waals surface area contributed by atoms with Gasteiger partial charge in [-0.3, -0.25) is 9.59 Å². The third-order valence-corrected chi connectivity index (χ3v) is 4.80. The van der Waals surface area contributed by atoms with Crippen molar-refractivity contribution < 1.29 is 9.18 Å². The van der Waals surface area contributed by atoms with Crippen molar-refractivity contribution in [2.75, 3.05) is 0 Å². The smallest absolute Gasteiger partial charge is 0.251 e. The minimum Gasteiger partial charge on any atom is -0.350 e. The SMILES string of the molecule is O=C1CC[C@H](/C=C(/c2ccc(F)cc2)c2ccc(C3CC3)c(=O)[nH]2)N1. The van der Waals surface area contributed by atoms with Crippen LogP contribution in [0.4, 0.5) is 4.39 Å². The first-order valence-corrected chi connectivity index (χ1v) is 8.61. The van der Waals surface area contributed by atoms with Crippen molar-refractivity contribution in [1.82, 2.24) is 10.3 Å². The zero-order valence-electron chi connectivity index (χ0n) is 13.7. The summed E-state index contributed by atoms with van der Waals surface area (Å²) in [5.74, 6) is 0.0947. The van der Waals surface area contributed by atoms with E-state index in [-0.39, 0.29) is 23.3 Å². The second-order valence-electron chi connectivity index (χ2n) is 6.73. The average molecular weight is 338 g/mol. The van der Waals surface area contributed by atoms with Gasteiger partial charge in [-0.1, -0.05) is 24.3 Å². The van der Waals surface area contributed by atoms with Crippen LogP contribution < -0.4 is 10.9 Å². The van der Waals surface area contributed by atoms with Gasteiger partial charge >= 0.3 is 0 Å². The highest BCUT2D eigenvalue weighted by molar-refractivity contribution is 5.82. The molecule has 128 valence electrons. The molecule has 1 amide bonds. The van der Waals surface area contributed by atoms with Crippen LogP contribution in [0.15, 0.2) is 47.3 Å². The van der Waals surface area contributed by atoms with E-state index < -0.39 is 0 Å². The Balaban J connectivity index is 1.75. The van der Waals surface area contributed by atoms with Crippen molar-refractivity contribution in [1.29, 1.82) is 0 Å². The monoisotopic (exact) mass is 338 g/mol. The lowest BCUT2D eigenvalue weighted by atomic mass is 9.98. The predicted octanol–water partition coefficient (Wildman–Crippen LogP) is 3.10. The highest BCUT2D eigenvalue weighted by atomic mass is 19.1. The Morgan fingerprint density at radius 3 is 2.40 bits per heavy atom. The van der Waals surface area contributed by atoms with Gasteiger partial charge in [0.15, 0.2) is 0 Å². The van der Waals surface area contributed by atoms with Crippen LogP contribution >= 0.6 is 0 Å². The standard InChI is InChI=1S/C20H19FN2O2/c21-14-5-3-13(4-6-14)17(11-15-7-10-19(24)22-15)18-9-8-16(12-1-2-12)20(25)23-18/h3-6,8-9,11-12,15H,1-2,7,10H2,(H,22,24)(H,23,25)/b17-11-/t15-/m1/s1. The van der Waals surface area contributed by atoms with Crippen molar-refractivity contribution in [2.24, 2.45) is 0 Å². The summed E-state index contributed by atoms with van der Waals surface area (Å²) in [5, 5.41) is 2.91. The van der Waals surface area contributed by atoms with Crippen LogP contribution in [0.2, 0.25) is 0 Å². The molecule has 4 rings (SSSR count). The number of rotatable bonds is 4. The Bertz CT molecular complexity index is 895. The van der Waals surface area contributed by atoms with E-state index in [4.69, 9.17) is 0 Å². The van der Waals surface area contributed by atoms with Gasteiger partial charge in [-0.2, -0.15) is 0 Å². The molecule has 2 aliphatic rings. The van der Waals surface area contributed by atoms with Gasteiger partial charge in [-0.25, -0.2) is 4.39 Å². The lowest BCUT2D eigenvalue weighted by molar-refractivity contribution is -0.119. The Labute approximate surface area is 144 Å². The molecule has 2 aromatic rings. The number of nitrogens with one attached hydrogen (secondary N) is 2. The number of benzene rings is 1. The van der Waals surface area contributed by atoms with Crippen molar-refractivity contribution in [3.8, 4) is 0 Å². The molecule has 1 saturated carbocycles. The molecule has 2 heterocycles. The lowest BCUT2D eigenvalue weighted by Crippen LogP contribution is -2.23. The van der Waals surface area contributed by atoms with Crippen LogP contribution in [-0.2, 0) is 4.79 Å². The second kappa shape index (κ2) is 6.31. The van der Waals surface area contributed by atoms with Crippen LogP contribution in [0, 0.1) is 5.82 Å². The molecule has 1 aromatic carbocycles. The Hall–Kier alpha value is -2.69. The van der Waals surface area contributed by atoms with Gasteiger partial charge in [-0.05, 0) is 48.9 Å². The van der Waals surface area contributed by atoms with E-state index in [9.17, 15) is 14.0 Å². The number of aromatic amines is 1. The van der Waals surface area contributed by atoms with Crippen molar-refractivity contribution in [2.45, 2.75) is 37.6 Å². The maximum absolute atomic E-state index is 13.3. The number of aromatic nitrogens is 1. The van der Waals surface area contributed by atoms with Crippen molar-refractivity contribution in [3.63, 3.8) is 0 Å². The topological polar surface area (TPSA) is 62.0 Å². The van der Waals surface area contributed by atoms with Crippen LogP contribution in [0.5, 0.6) is 0 Å². The van der Waals surface area contributed by atoms with Gasteiger partial charge in [0.05, 0.1) is 0 Å². The fourth-order valence-corrected chi connectivity index (χ4v) is 3.29. The van der Waals surface area contributed by atoms with Crippen LogP contribution in [-0.4, -0.2) is 16.9 Å². The average Bonchev–Trinajstić information content (AvgIpc) is 3.35. The molecule has 0 bridgehead atoms. The summed E-state index contributed by atoms with van der Waals surface area (Å²) in [5.41, 5.74) is 3.05. The first kappa shape index (κ1) is 15.8. The molecule has 4 nitrogen and oxygen atoms in total. The summed E-state index contributed by atoms with van der Waals surface area (Å²) in [6.07, 6.45) is 5.29. The summed E-state index contributed by atoms with van der Waals surface area (Å²) in [6.45, 7) is 0. The van der Waals surface area contributed by atoms with E-state index >= 15 is 0 Å². The van der Waals surface area contributed by atoms with Crippen LogP contribution in [0.1, 0.15) is 48.4 Å². The number of carbonyl (C=O) groups is 1. The number of carbonyl (C=O) groups excluding carboxylic acids is 1. The van der Waals surface area contributed by atoms with Crippen LogP contribution in [0.25, 0.3) is 5.57 Å². The Morgan fingerprint density at radius 2 is 1.80 bits per heavy atom. The molecule has 0 radical (unpaired) electrons. The first-order valence-electron chi connectivity index (χ1n) is 8.61. The summed E-state index contributed by atoms with van der Waals surface area (Å²) < 4.78 is 13.3. The third kappa shape index (κ3) is 3.40. The summed E-state index contributed by atoms with van der Waals surface area (Å²) in [7, 11) is 0. The number of halogens is 1. The molecule has 25 heavy (non-hydrogen) atoms. The number of H-pyrrole nitrogens is 1. The van der Waals surface area contributed by atoms with Crippen LogP contribution in [0.3, 0.4) is 0 Å². The van der Waals surface area contributed by atoms with E-state index in [1.807, 2.05) is 18.2 Å². The summed E-state index contributed by atoms with van der Waals surface area (Å²) >= 11 is 0. The van der Waals surface area contributed by atoms with Gasteiger partial charge in [0, 0.05) is 29.3 Å². The van der Waals surface area contributed by atoms with E-state index in [0.29, 0.717) is 24.5 Å².